The molecule has 1 aliphatic carbocycles. The van der Waals surface area contributed by atoms with E-state index in [1.165, 1.54) is 54.5 Å². The average molecular weight is 351 g/mol. The minimum atomic E-state index is 0.435. The summed E-state index contributed by atoms with van der Waals surface area (Å²) in [4.78, 5) is 7.55. The molecule has 0 amide bonds. The van der Waals surface area contributed by atoms with Gasteiger partial charge in [0.05, 0.1) is 11.7 Å². The van der Waals surface area contributed by atoms with Crippen molar-refractivity contribution in [1.82, 2.24) is 15.2 Å². The minimum Gasteiger partial charge on any atom is -0.326 e. The summed E-state index contributed by atoms with van der Waals surface area (Å²) in [6.07, 6.45) is 8.04. The van der Waals surface area contributed by atoms with Crippen molar-refractivity contribution < 1.29 is 0 Å². The molecule has 26 heavy (non-hydrogen) atoms. The van der Waals surface area contributed by atoms with Crippen LogP contribution >= 0.6 is 0 Å². The van der Waals surface area contributed by atoms with Crippen molar-refractivity contribution in [3.8, 4) is 0 Å². The number of nitrogens with two attached hydrogens (primary N) is 1. The topological polar surface area (TPSA) is 54.2 Å². The van der Waals surface area contributed by atoms with Gasteiger partial charge in [0, 0.05) is 25.3 Å². The zero-order chi connectivity index (χ0) is 17.8. The molecule has 1 aromatic carbocycles. The van der Waals surface area contributed by atoms with Crippen LogP contribution in [0.1, 0.15) is 54.1 Å². The number of rotatable bonds is 5. The molecule has 2 aliphatic rings. The predicted octanol–water partition coefficient (Wildman–Crippen LogP) is 3.17. The van der Waals surface area contributed by atoms with Gasteiger partial charge in [0.1, 0.15) is 0 Å². The van der Waals surface area contributed by atoms with Crippen LogP contribution in [-0.2, 0) is 19.5 Å². The number of nitrogens with zero attached hydrogens (tertiary/aromatic N) is 2. The first-order chi connectivity index (χ1) is 12.8. The summed E-state index contributed by atoms with van der Waals surface area (Å²) in [5.41, 5.74) is 11.2. The molecule has 138 valence electrons. The Morgan fingerprint density at radius 3 is 2.77 bits per heavy atom. The van der Waals surface area contributed by atoms with Crippen molar-refractivity contribution in [3.63, 3.8) is 0 Å². The number of hydrogen-bond donors (Lipinski definition) is 2. The maximum atomic E-state index is 5.87. The van der Waals surface area contributed by atoms with Crippen molar-refractivity contribution in [1.29, 1.82) is 0 Å². The Morgan fingerprint density at radius 1 is 1.08 bits per heavy atom. The summed E-state index contributed by atoms with van der Waals surface area (Å²) < 4.78 is 0. The van der Waals surface area contributed by atoms with Gasteiger partial charge in [-0.15, -0.1) is 0 Å². The standard InChI is InChI=1S/C22H30N4/c23-15-17-4-1-5-18(14-17)16-26(20-9-12-24-13-10-20)21-8-2-6-19-7-3-11-25-22(19)21/h1,3-5,7,11,14,20-21,24H,2,6,8-10,12-13,15-16,23H2. The number of aryl methyl sites for hydroxylation is 1. The van der Waals surface area contributed by atoms with Crippen LogP contribution in [0, 0.1) is 0 Å². The molecule has 1 aromatic heterocycles. The molecule has 2 heterocycles. The molecule has 0 saturated carbocycles. The van der Waals surface area contributed by atoms with Gasteiger partial charge in [-0.05, 0) is 68.0 Å². The zero-order valence-electron chi connectivity index (χ0n) is 15.5. The largest absolute Gasteiger partial charge is 0.326 e. The van der Waals surface area contributed by atoms with Gasteiger partial charge in [-0.2, -0.15) is 0 Å². The molecular weight excluding hydrogens is 320 g/mol. The van der Waals surface area contributed by atoms with Gasteiger partial charge in [-0.25, -0.2) is 0 Å². The van der Waals surface area contributed by atoms with Crippen LogP contribution in [0.3, 0.4) is 0 Å². The van der Waals surface area contributed by atoms with Gasteiger partial charge in [0.25, 0.3) is 0 Å². The second-order valence-corrected chi connectivity index (χ2v) is 7.63. The van der Waals surface area contributed by atoms with E-state index < -0.39 is 0 Å². The number of aromatic nitrogens is 1. The van der Waals surface area contributed by atoms with E-state index in [1.54, 1.807) is 0 Å². The van der Waals surface area contributed by atoms with Gasteiger partial charge in [-0.3, -0.25) is 9.88 Å². The molecule has 1 atom stereocenters. The van der Waals surface area contributed by atoms with E-state index >= 15 is 0 Å². The van der Waals surface area contributed by atoms with E-state index in [4.69, 9.17) is 10.7 Å². The fraction of sp³-hybridized carbons (Fsp3) is 0.500. The minimum absolute atomic E-state index is 0.435. The molecule has 0 radical (unpaired) electrons. The molecule has 4 rings (SSSR count). The lowest BCUT2D eigenvalue weighted by atomic mass is 9.88. The molecule has 3 N–H and O–H groups in total. The van der Waals surface area contributed by atoms with Crippen LogP contribution in [0.4, 0.5) is 0 Å². The highest BCUT2D eigenvalue weighted by Gasteiger charge is 2.32. The van der Waals surface area contributed by atoms with Crippen LogP contribution < -0.4 is 11.1 Å². The SMILES string of the molecule is NCc1cccc(CN(C2CCNCC2)C2CCCc3cccnc32)c1. The first-order valence-electron chi connectivity index (χ1n) is 10.0. The molecule has 2 aromatic rings. The first kappa shape index (κ1) is 17.7. The lowest BCUT2D eigenvalue weighted by molar-refractivity contribution is 0.0861. The highest BCUT2D eigenvalue weighted by molar-refractivity contribution is 5.27. The molecule has 1 aliphatic heterocycles. The third kappa shape index (κ3) is 3.83. The Balaban J connectivity index is 1.65. The number of nitrogens with one attached hydrogen (secondary N) is 1. The molecule has 1 unspecified atom stereocenters. The van der Waals surface area contributed by atoms with E-state index in [-0.39, 0.29) is 0 Å². The van der Waals surface area contributed by atoms with Crippen molar-refractivity contribution in [2.75, 3.05) is 13.1 Å². The van der Waals surface area contributed by atoms with E-state index in [1.807, 2.05) is 6.20 Å². The quantitative estimate of drug-likeness (QED) is 0.870. The van der Waals surface area contributed by atoms with Crippen molar-refractivity contribution in [3.05, 3.63) is 65.0 Å². The Kier molecular flexibility index (Phi) is 5.63. The third-order valence-electron chi connectivity index (χ3n) is 5.94. The van der Waals surface area contributed by atoms with Crippen LogP contribution in [0.5, 0.6) is 0 Å². The lowest BCUT2D eigenvalue weighted by Gasteiger charge is -2.42. The smallest absolute Gasteiger partial charge is 0.0607 e. The number of fused-ring (bicyclic) bond motifs is 1. The fourth-order valence-corrected chi connectivity index (χ4v) is 4.61. The fourth-order valence-electron chi connectivity index (χ4n) is 4.61. The third-order valence-corrected chi connectivity index (χ3v) is 5.94. The predicted molar refractivity (Wildman–Crippen MR) is 106 cm³/mol. The summed E-state index contributed by atoms with van der Waals surface area (Å²) in [6.45, 7) is 3.83. The molecule has 4 heteroatoms. The number of hydrogen-bond acceptors (Lipinski definition) is 4. The van der Waals surface area contributed by atoms with Crippen LogP contribution in [0.15, 0.2) is 42.6 Å². The van der Waals surface area contributed by atoms with E-state index in [2.05, 4.69) is 46.6 Å². The monoisotopic (exact) mass is 350 g/mol. The van der Waals surface area contributed by atoms with Crippen molar-refractivity contribution in [2.45, 2.75) is 57.3 Å². The molecular formula is C22H30N4. The number of piperidine rings is 1. The summed E-state index contributed by atoms with van der Waals surface area (Å²) in [5, 5.41) is 3.51. The van der Waals surface area contributed by atoms with Gasteiger partial charge < -0.3 is 11.1 Å². The van der Waals surface area contributed by atoms with Crippen molar-refractivity contribution in [2.24, 2.45) is 5.73 Å². The van der Waals surface area contributed by atoms with Gasteiger partial charge >= 0.3 is 0 Å². The summed E-state index contributed by atoms with van der Waals surface area (Å²) in [6, 6.07) is 14.2. The van der Waals surface area contributed by atoms with E-state index in [0.29, 0.717) is 18.6 Å². The van der Waals surface area contributed by atoms with Crippen LogP contribution in [0.25, 0.3) is 0 Å². The number of benzene rings is 1. The lowest BCUT2D eigenvalue weighted by Crippen LogP contribution is -2.45. The molecule has 4 nitrogen and oxygen atoms in total. The maximum absolute atomic E-state index is 5.87. The van der Waals surface area contributed by atoms with Crippen molar-refractivity contribution >= 4 is 0 Å². The summed E-state index contributed by atoms with van der Waals surface area (Å²) in [7, 11) is 0. The zero-order valence-corrected chi connectivity index (χ0v) is 15.5. The Morgan fingerprint density at radius 2 is 1.92 bits per heavy atom. The van der Waals surface area contributed by atoms with Crippen LogP contribution in [-0.4, -0.2) is 29.0 Å². The molecule has 1 fully saturated rings. The summed E-state index contributed by atoms with van der Waals surface area (Å²) in [5.74, 6) is 0. The summed E-state index contributed by atoms with van der Waals surface area (Å²) >= 11 is 0. The Hall–Kier alpha value is -1.75. The molecule has 0 spiro atoms. The van der Waals surface area contributed by atoms with E-state index in [9.17, 15) is 0 Å². The Bertz CT molecular complexity index is 724. The average Bonchev–Trinajstić information content (AvgIpc) is 2.72. The maximum Gasteiger partial charge on any atom is 0.0607 e. The second kappa shape index (κ2) is 8.30. The van der Waals surface area contributed by atoms with Gasteiger partial charge in [-0.1, -0.05) is 30.3 Å². The second-order valence-electron chi connectivity index (χ2n) is 7.63. The van der Waals surface area contributed by atoms with Gasteiger partial charge in [0.2, 0.25) is 0 Å². The van der Waals surface area contributed by atoms with E-state index in [0.717, 1.165) is 19.6 Å². The Labute approximate surface area is 156 Å². The molecule has 1 saturated heterocycles. The van der Waals surface area contributed by atoms with Gasteiger partial charge in [0.15, 0.2) is 0 Å². The first-order valence-corrected chi connectivity index (χ1v) is 10.0. The highest BCUT2D eigenvalue weighted by Crippen LogP contribution is 2.36. The molecule has 0 bridgehead atoms. The normalized spacial score (nSPS) is 20.9. The number of pyridine rings is 1. The van der Waals surface area contributed by atoms with Crippen LogP contribution in [0.2, 0.25) is 0 Å². The highest BCUT2D eigenvalue weighted by atomic mass is 15.2.